The second-order valence-corrected chi connectivity index (χ2v) is 8.21. The second-order valence-electron chi connectivity index (χ2n) is 8.21. The number of rotatable bonds is 10. The molecule has 0 saturated heterocycles. The lowest BCUT2D eigenvalue weighted by atomic mass is 10.0. The quantitative estimate of drug-likeness (QED) is 0.574. The molecule has 0 aromatic heterocycles. The van der Waals surface area contributed by atoms with Crippen molar-refractivity contribution in [2.75, 3.05) is 31.0 Å². The smallest absolute Gasteiger partial charge is 0.252 e. The molecule has 0 aliphatic rings. The van der Waals surface area contributed by atoms with Gasteiger partial charge < -0.3 is 25.0 Å². The number of hydrogen-bond donors (Lipinski definition) is 2. The van der Waals surface area contributed by atoms with Crippen molar-refractivity contribution in [3.8, 4) is 11.5 Å². The first-order valence-corrected chi connectivity index (χ1v) is 10.9. The van der Waals surface area contributed by atoms with Crippen molar-refractivity contribution in [2.24, 2.45) is 5.92 Å². The molecular weight excluding hydrogens is 406 g/mol. The van der Waals surface area contributed by atoms with Gasteiger partial charge >= 0.3 is 0 Å². The van der Waals surface area contributed by atoms with Crippen LogP contribution >= 0.6 is 0 Å². The molecule has 2 aromatic rings. The van der Waals surface area contributed by atoms with Gasteiger partial charge in [0.2, 0.25) is 5.91 Å². The number of anilines is 2. The first-order valence-electron chi connectivity index (χ1n) is 10.9. The molecular formula is C25H35N3O4. The van der Waals surface area contributed by atoms with E-state index < -0.39 is 6.04 Å². The third-order valence-corrected chi connectivity index (χ3v) is 5.28. The summed E-state index contributed by atoms with van der Waals surface area (Å²) in [5, 5.41) is 5.76. The van der Waals surface area contributed by atoms with Gasteiger partial charge in [0.15, 0.2) is 0 Å². The molecule has 1 unspecified atom stereocenters. The van der Waals surface area contributed by atoms with Crippen LogP contribution in [0.25, 0.3) is 0 Å². The fraction of sp³-hybridized carbons (Fsp3) is 0.440. The summed E-state index contributed by atoms with van der Waals surface area (Å²) in [5.41, 5.74) is 2.14. The predicted octanol–water partition coefficient (Wildman–Crippen LogP) is 4.33. The van der Waals surface area contributed by atoms with Crippen molar-refractivity contribution >= 4 is 23.2 Å². The van der Waals surface area contributed by atoms with Crippen LogP contribution in [0.4, 0.5) is 11.4 Å². The number of carbonyl (C=O) groups is 2. The maximum Gasteiger partial charge on any atom is 0.252 e. The number of benzene rings is 2. The maximum atomic E-state index is 13.0. The van der Waals surface area contributed by atoms with E-state index in [-0.39, 0.29) is 17.7 Å². The highest BCUT2D eigenvalue weighted by Gasteiger charge is 2.25. The van der Waals surface area contributed by atoms with Crippen molar-refractivity contribution in [1.29, 1.82) is 0 Å². The zero-order chi connectivity index (χ0) is 23.8. The van der Waals surface area contributed by atoms with E-state index in [2.05, 4.69) is 36.3 Å². The summed E-state index contributed by atoms with van der Waals surface area (Å²) < 4.78 is 10.5. The summed E-state index contributed by atoms with van der Waals surface area (Å²) in [4.78, 5) is 28.1. The number of ether oxygens (including phenoxy) is 2. The Bertz CT molecular complexity index is 888. The SMILES string of the molecule is CCN(c1ccc(NC(=O)C(NC(=O)c2cc(OC)cc(OC)c2)C(C)C)cc1)C(C)C. The Morgan fingerprint density at radius 3 is 1.94 bits per heavy atom. The lowest BCUT2D eigenvalue weighted by Gasteiger charge is -2.27. The molecule has 2 aromatic carbocycles. The van der Waals surface area contributed by atoms with Crippen LogP contribution < -0.4 is 25.0 Å². The first kappa shape index (κ1) is 25.0. The maximum absolute atomic E-state index is 13.0. The summed E-state index contributed by atoms with van der Waals surface area (Å²) in [6.07, 6.45) is 0. The Kier molecular flexibility index (Phi) is 8.93. The van der Waals surface area contributed by atoms with E-state index in [9.17, 15) is 9.59 Å². The molecule has 2 amide bonds. The Labute approximate surface area is 191 Å². The van der Waals surface area contributed by atoms with E-state index in [1.54, 1.807) is 18.2 Å². The van der Waals surface area contributed by atoms with Crippen molar-refractivity contribution in [1.82, 2.24) is 5.32 Å². The van der Waals surface area contributed by atoms with Crippen LogP contribution in [0.3, 0.4) is 0 Å². The summed E-state index contributed by atoms with van der Waals surface area (Å²) in [7, 11) is 3.04. The fourth-order valence-electron chi connectivity index (χ4n) is 3.50. The molecule has 0 aliphatic carbocycles. The largest absolute Gasteiger partial charge is 0.497 e. The molecule has 32 heavy (non-hydrogen) atoms. The van der Waals surface area contributed by atoms with Crippen molar-refractivity contribution in [2.45, 2.75) is 46.7 Å². The third kappa shape index (κ3) is 6.39. The minimum Gasteiger partial charge on any atom is -0.497 e. The minimum absolute atomic E-state index is 0.109. The average Bonchev–Trinajstić information content (AvgIpc) is 2.77. The van der Waals surface area contributed by atoms with Gasteiger partial charge in [0.05, 0.1) is 14.2 Å². The standard InChI is InChI=1S/C25H35N3O4/c1-8-28(17(4)5)20-11-9-19(10-12-20)26-25(30)23(16(2)3)27-24(29)18-13-21(31-6)15-22(14-18)32-7/h9-17,23H,8H2,1-7H3,(H,26,30)(H,27,29). The van der Waals surface area contributed by atoms with Gasteiger partial charge in [0.25, 0.3) is 5.91 Å². The molecule has 0 fully saturated rings. The van der Waals surface area contributed by atoms with Crippen molar-refractivity contribution in [3.05, 3.63) is 48.0 Å². The monoisotopic (exact) mass is 441 g/mol. The van der Waals surface area contributed by atoms with Gasteiger partial charge in [-0.3, -0.25) is 9.59 Å². The van der Waals surface area contributed by atoms with Gasteiger partial charge in [0, 0.05) is 35.6 Å². The summed E-state index contributed by atoms with van der Waals surface area (Å²) >= 11 is 0. The minimum atomic E-state index is -0.706. The van der Waals surface area contributed by atoms with Crippen LogP contribution in [0, 0.1) is 5.92 Å². The van der Waals surface area contributed by atoms with Gasteiger partial charge in [-0.1, -0.05) is 13.8 Å². The van der Waals surface area contributed by atoms with Crippen LogP contribution in [-0.2, 0) is 4.79 Å². The van der Waals surface area contributed by atoms with Crippen molar-refractivity contribution in [3.63, 3.8) is 0 Å². The van der Waals surface area contributed by atoms with E-state index >= 15 is 0 Å². The van der Waals surface area contributed by atoms with E-state index in [0.717, 1.165) is 12.2 Å². The molecule has 0 aliphatic heterocycles. The van der Waals surface area contributed by atoms with Crippen LogP contribution in [0.5, 0.6) is 11.5 Å². The van der Waals surface area contributed by atoms with Gasteiger partial charge in [-0.15, -0.1) is 0 Å². The Morgan fingerprint density at radius 1 is 0.938 bits per heavy atom. The van der Waals surface area contributed by atoms with E-state index in [0.29, 0.717) is 28.8 Å². The Hall–Kier alpha value is -3.22. The summed E-state index contributed by atoms with van der Waals surface area (Å²) in [5.74, 6) is 0.252. The number of methoxy groups -OCH3 is 2. The first-order chi connectivity index (χ1) is 15.2. The molecule has 1 atom stereocenters. The topological polar surface area (TPSA) is 79.9 Å². The van der Waals surface area contributed by atoms with Crippen LogP contribution in [0.2, 0.25) is 0 Å². The van der Waals surface area contributed by atoms with Gasteiger partial charge in [-0.2, -0.15) is 0 Å². The van der Waals surface area contributed by atoms with Crippen LogP contribution in [0.15, 0.2) is 42.5 Å². The summed E-state index contributed by atoms with van der Waals surface area (Å²) in [6, 6.07) is 12.3. The van der Waals surface area contributed by atoms with Crippen LogP contribution in [-0.4, -0.2) is 44.7 Å². The molecule has 0 spiro atoms. The average molecular weight is 442 g/mol. The van der Waals surface area contributed by atoms with E-state index in [1.807, 2.05) is 38.1 Å². The zero-order valence-electron chi connectivity index (χ0n) is 20.1. The molecule has 0 saturated carbocycles. The molecule has 7 heteroatoms. The zero-order valence-corrected chi connectivity index (χ0v) is 20.1. The molecule has 174 valence electrons. The molecule has 0 radical (unpaired) electrons. The molecule has 2 rings (SSSR count). The highest BCUT2D eigenvalue weighted by atomic mass is 16.5. The number of amides is 2. The van der Waals surface area contributed by atoms with Gasteiger partial charge in [-0.05, 0) is 63.1 Å². The number of carbonyl (C=O) groups excluding carboxylic acids is 2. The highest BCUT2D eigenvalue weighted by Crippen LogP contribution is 2.23. The number of nitrogens with one attached hydrogen (secondary N) is 2. The normalized spacial score (nSPS) is 11.8. The molecule has 2 N–H and O–H groups in total. The fourth-order valence-corrected chi connectivity index (χ4v) is 3.50. The van der Waals surface area contributed by atoms with Gasteiger partial charge in [0.1, 0.15) is 17.5 Å². The number of nitrogens with zero attached hydrogens (tertiary/aromatic N) is 1. The highest BCUT2D eigenvalue weighted by molar-refractivity contribution is 6.01. The number of hydrogen-bond acceptors (Lipinski definition) is 5. The molecule has 7 nitrogen and oxygen atoms in total. The summed E-state index contributed by atoms with van der Waals surface area (Å²) in [6.45, 7) is 11.1. The lowest BCUT2D eigenvalue weighted by Crippen LogP contribution is -2.47. The van der Waals surface area contributed by atoms with E-state index in [1.165, 1.54) is 14.2 Å². The van der Waals surface area contributed by atoms with Crippen molar-refractivity contribution < 1.29 is 19.1 Å². The van der Waals surface area contributed by atoms with Crippen LogP contribution in [0.1, 0.15) is 45.0 Å². The van der Waals surface area contributed by atoms with E-state index in [4.69, 9.17) is 9.47 Å². The lowest BCUT2D eigenvalue weighted by molar-refractivity contribution is -0.118. The third-order valence-electron chi connectivity index (χ3n) is 5.28. The molecule has 0 bridgehead atoms. The molecule has 0 heterocycles. The van der Waals surface area contributed by atoms with Gasteiger partial charge in [-0.25, -0.2) is 0 Å². The predicted molar refractivity (Wildman–Crippen MR) is 129 cm³/mol. The Morgan fingerprint density at radius 2 is 1.50 bits per heavy atom. The Balaban J connectivity index is 2.14. The second kappa shape index (κ2) is 11.4.